The van der Waals surface area contributed by atoms with Crippen LogP contribution in [-0.4, -0.2) is 43.1 Å². The molecule has 84 valence electrons. The average Bonchev–Trinajstić information content (AvgIpc) is 2.73. The van der Waals surface area contributed by atoms with Crippen LogP contribution < -0.4 is 5.32 Å². The van der Waals surface area contributed by atoms with E-state index in [4.69, 9.17) is 0 Å². The quantitative estimate of drug-likeness (QED) is 0.791. The Morgan fingerprint density at radius 2 is 2.40 bits per heavy atom. The minimum Gasteiger partial charge on any atom is -0.380 e. The molecule has 0 saturated carbocycles. The van der Waals surface area contributed by atoms with E-state index in [9.17, 15) is 8.42 Å². The number of sulfonamides is 1. The molecule has 0 unspecified atom stereocenters. The molecule has 1 aliphatic rings. The Hall–Kier alpha value is -1.01. The van der Waals surface area contributed by atoms with Crippen LogP contribution in [0.1, 0.15) is 6.42 Å². The van der Waals surface area contributed by atoms with Gasteiger partial charge in [0.25, 0.3) is 0 Å². The second kappa shape index (κ2) is 3.86. The van der Waals surface area contributed by atoms with Crippen molar-refractivity contribution in [2.45, 2.75) is 12.5 Å². The van der Waals surface area contributed by atoms with Crippen molar-refractivity contribution in [1.82, 2.24) is 9.29 Å². The summed E-state index contributed by atoms with van der Waals surface area (Å²) in [5.41, 5.74) is 1.01. The van der Waals surface area contributed by atoms with Crippen molar-refractivity contribution < 1.29 is 8.42 Å². The molecule has 1 aliphatic heterocycles. The number of H-pyrrole nitrogens is 1. The lowest BCUT2D eigenvalue weighted by atomic mass is 10.2. The van der Waals surface area contributed by atoms with Crippen molar-refractivity contribution in [2.75, 3.05) is 24.7 Å². The lowest BCUT2D eigenvalue weighted by Crippen LogP contribution is -2.30. The maximum atomic E-state index is 11.3. The Morgan fingerprint density at radius 3 is 2.93 bits per heavy atom. The highest BCUT2D eigenvalue weighted by Crippen LogP contribution is 2.17. The Kier molecular flexibility index (Phi) is 2.70. The molecule has 5 nitrogen and oxygen atoms in total. The van der Waals surface area contributed by atoms with Crippen molar-refractivity contribution in [3.05, 3.63) is 18.5 Å². The molecule has 1 atom stereocenters. The number of aromatic amines is 1. The van der Waals surface area contributed by atoms with Gasteiger partial charge in [-0.05, 0) is 12.5 Å². The van der Waals surface area contributed by atoms with Crippen molar-refractivity contribution in [3.8, 4) is 0 Å². The van der Waals surface area contributed by atoms with Crippen LogP contribution in [0.5, 0.6) is 0 Å². The molecular formula is C9H15N3O2S. The Morgan fingerprint density at radius 1 is 1.60 bits per heavy atom. The molecule has 2 rings (SSSR count). The zero-order valence-electron chi connectivity index (χ0n) is 8.60. The van der Waals surface area contributed by atoms with Crippen molar-refractivity contribution in [1.29, 1.82) is 0 Å². The second-order valence-corrected chi connectivity index (χ2v) is 5.83. The highest BCUT2D eigenvalue weighted by atomic mass is 32.2. The van der Waals surface area contributed by atoms with Gasteiger partial charge in [-0.25, -0.2) is 12.7 Å². The van der Waals surface area contributed by atoms with Crippen LogP contribution in [0.15, 0.2) is 18.5 Å². The van der Waals surface area contributed by atoms with Crippen LogP contribution in [0.2, 0.25) is 0 Å². The topological polar surface area (TPSA) is 65.2 Å². The first kappa shape index (κ1) is 10.5. The van der Waals surface area contributed by atoms with Gasteiger partial charge in [0.05, 0.1) is 11.9 Å². The number of hydrogen-bond donors (Lipinski definition) is 2. The maximum absolute atomic E-state index is 11.3. The number of nitrogens with zero attached hydrogens (tertiary/aromatic N) is 1. The third-order valence-electron chi connectivity index (χ3n) is 2.59. The molecule has 6 heteroatoms. The van der Waals surface area contributed by atoms with Gasteiger partial charge in [-0.1, -0.05) is 0 Å². The van der Waals surface area contributed by atoms with E-state index in [2.05, 4.69) is 10.3 Å². The SMILES string of the molecule is CS(=O)(=O)N1CC[C@@H](Nc2cc[nH]c2)C1. The minimum atomic E-state index is -3.03. The molecule has 0 radical (unpaired) electrons. The van der Waals surface area contributed by atoms with Gasteiger partial charge in [0.2, 0.25) is 10.0 Å². The van der Waals surface area contributed by atoms with Crippen LogP contribution in [0.4, 0.5) is 5.69 Å². The largest absolute Gasteiger partial charge is 0.380 e. The van der Waals surface area contributed by atoms with Crippen LogP contribution in [-0.2, 0) is 10.0 Å². The smallest absolute Gasteiger partial charge is 0.211 e. The first-order chi connectivity index (χ1) is 7.05. The third-order valence-corrected chi connectivity index (χ3v) is 3.86. The molecule has 0 amide bonds. The second-order valence-electron chi connectivity index (χ2n) is 3.85. The van der Waals surface area contributed by atoms with Crippen LogP contribution in [0.25, 0.3) is 0 Å². The van der Waals surface area contributed by atoms with E-state index in [1.165, 1.54) is 10.6 Å². The number of anilines is 1. The van der Waals surface area contributed by atoms with Crippen molar-refractivity contribution in [3.63, 3.8) is 0 Å². The van der Waals surface area contributed by atoms with Gasteiger partial charge < -0.3 is 10.3 Å². The van der Waals surface area contributed by atoms with Gasteiger partial charge in [-0.2, -0.15) is 0 Å². The summed E-state index contributed by atoms with van der Waals surface area (Å²) in [7, 11) is -3.03. The fourth-order valence-electron chi connectivity index (χ4n) is 1.80. The lowest BCUT2D eigenvalue weighted by Gasteiger charge is -2.14. The first-order valence-corrected chi connectivity index (χ1v) is 6.75. The van der Waals surface area contributed by atoms with Crippen LogP contribution in [0, 0.1) is 0 Å². The summed E-state index contributed by atoms with van der Waals surface area (Å²) < 4.78 is 24.1. The zero-order chi connectivity index (χ0) is 10.9. The molecular weight excluding hydrogens is 214 g/mol. The summed E-state index contributed by atoms with van der Waals surface area (Å²) in [5, 5.41) is 3.29. The first-order valence-electron chi connectivity index (χ1n) is 4.90. The molecule has 0 aliphatic carbocycles. The molecule has 2 heterocycles. The van der Waals surface area contributed by atoms with Gasteiger partial charge in [0.15, 0.2) is 0 Å². The predicted octanol–water partition coefficient (Wildman–Crippen LogP) is 0.460. The van der Waals surface area contributed by atoms with E-state index < -0.39 is 10.0 Å². The molecule has 1 aromatic rings. The highest BCUT2D eigenvalue weighted by Gasteiger charge is 2.28. The van der Waals surface area contributed by atoms with E-state index in [1.54, 1.807) is 0 Å². The summed E-state index contributed by atoms with van der Waals surface area (Å²) in [4.78, 5) is 2.95. The van der Waals surface area contributed by atoms with Gasteiger partial charge >= 0.3 is 0 Å². The Labute approximate surface area is 89.5 Å². The number of rotatable bonds is 3. The Bertz CT molecular complexity index is 413. The van der Waals surface area contributed by atoms with Crippen LogP contribution >= 0.6 is 0 Å². The van der Waals surface area contributed by atoms with Crippen molar-refractivity contribution in [2.24, 2.45) is 0 Å². The molecule has 0 bridgehead atoms. The number of nitrogens with one attached hydrogen (secondary N) is 2. The fraction of sp³-hybridized carbons (Fsp3) is 0.556. The summed E-state index contributed by atoms with van der Waals surface area (Å²) in [6, 6.07) is 2.15. The van der Waals surface area contributed by atoms with E-state index in [-0.39, 0.29) is 6.04 Å². The molecule has 1 saturated heterocycles. The third kappa shape index (κ3) is 2.51. The molecule has 15 heavy (non-hydrogen) atoms. The molecule has 0 aromatic carbocycles. The lowest BCUT2D eigenvalue weighted by molar-refractivity contribution is 0.480. The summed E-state index contributed by atoms with van der Waals surface area (Å²) >= 11 is 0. The van der Waals surface area contributed by atoms with Gasteiger partial charge in [-0.15, -0.1) is 0 Å². The highest BCUT2D eigenvalue weighted by molar-refractivity contribution is 7.88. The van der Waals surface area contributed by atoms with Crippen LogP contribution in [0.3, 0.4) is 0 Å². The normalized spacial score (nSPS) is 23.1. The predicted molar refractivity (Wildman–Crippen MR) is 59.2 cm³/mol. The fourth-order valence-corrected chi connectivity index (χ4v) is 2.68. The summed E-state index contributed by atoms with van der Waals surface area (Å²) in [6.45, 7) is 1.17. The number of aromatic nitrogens is 1. The molecule has 2 N–H and O–H groups in total. The monoisotopic (exact) mass is 229 g/mol. The average molecular weight is 229 g/mol. The van der Waals surface area contributed by atoms with Crippen molar-refractivity contribution >= 4 is 15.7 Å². The van der Waals surface area contributed by atoms with E-state index >= 15 is 0 Å². The zero-order valence-corrected chi connectivity index (χ0v) is 9.42. The molecule has 1 aromatic heterocycles. The van der Waals surface area contributed by atoms with E-state index in [1.807, 2.05) is 18.5 Å². The summed E-state index contributed by atoms with van der Waals surface area (Å²) in [5.74, 6) is 0. The molecule has 0 spiro atoms. The van der Waals surface area contributed by atoms with E-state index in [0.717, 1.165) is 12.1 Å². The minimum absolute atomic E-state index is 0.218. The van der Waals surface area contributed by atoms with Gasteiger partial charge in [0.1, 0.15) is 0 Å². The molecule has 1 fully saturated rings. The summed E-state index contributed by atoms with van der Waals surface area (Å²) in [6.07, 6.45) is 5.82. The maximum Gasteiger partial charge on any atom is 0.211 e. The van der Waals surface area contributed by atoms with Gasteiger partial charge in [0, 0.05) is 31.5 Å². The Balaban J connectivity index is 1.94. The number of hydrogen-bond acceptors (Lipinski definition) is 3. The standard InChI is InChI=1S/C9H15N3O2S/c1-15(13,14)12-5-3-9(7-12)11-8-2-4-10-6-8/h2,4,6,9-11H,3,5,7H2,1H3/t9-/m1/s1. The van der Waals surface area contributed by atoms with E-state index in [0.29, 0.717) is 13.1 Å². The van der Waals surface area contributed by atoms with Gasteiger partial charge in [-0.3, -0.25) is 0 Å².